The van der Waals surface area contributed by atoms with Gasteiger partial charge in [-0.3, -0.25) is 9.59 Å². The quantitative estimate of drug-likeness (QED) is 0.445. The molecule has 1 amide bonds. The second-order valence-corrected chi connectivity index (χ2v) is 8.97. The van der Waals surface area contributed by atoms with E-state index in [-0.39, 0.29) is 18.2 Å². The van der Waals surface area contributed by atoms with E-state index in [1.165, 1.54) is 0 Å². The molecule has 0 spiro atoms. The summed E-state index contributed by atoms with van der Waals surface area (Å²) in [6.45, 7) is 0.554. The summed E-state index contributed by atoms with van der Waals surface area (Å²) < 4.78 is 5.48. The second-order valence-electron chi connectivity index (χ2n) is 8.57. The number of carbonyl (C=O) groups is 2. The highest BCUT2D eigenvalue weighted by Crippen LogP contribution is 2.40. The van der Waals surface area contributed by atoms with Crippen molar-refractivity contribution in [2.24, 2.45) is 5.92 Å². The lowest BCUT2D eigenvalue weighted by molar-refractivity contribution is -0.141. The molecule has 4 rings (SSSR count). The average molecular weight is 478 g/mol. The van der Waals surface area contributed by atoms with Crippen LogP contribution in [0.3, 0.4) is 0 Å². The Kier molecular flexibility index (Phi) is 7.53. The van der Waals surface area contributed by atoms with Gasteiger partial charge in [0.05, 0.1) is 19.4 Å². The molecule has 1 aliphatic rings. The molecule has 0 radical (unpaired) electrons. The lowest BCUT2D eigenvalue weighted by Gasteiger charge is -2.34. The van der Waals surface area contributed by atoms with E-state index < -0.39 is 11.9 Å². The molecule has 3 aromatic carbocycles. The lowest BCUT2D eigenvalue weighted by Crippen LogP contribution is -2.41. The molecule has 3 aromatic rings. The zero-order chi connectivity index (χ0) is 24.1. The SMILES string of the molecule is COc1ccccc1-c1ccc(N2CCCCC(c3ccccc3Cl)C(CC(=O)O)C2=O)cc1. The zero-order valence-corrected chi connectivity index (χ0v) is 19.9. The fraction of sp³-hybridized carbons (Fsp3) is 0.286. The van der Waals surface area contributed by atoms with Crippen molar-refractivity contribution in [2.45, 2.75) is 31.6 Å². The molecule has 176 valence electrons. The van der Waals surface area contributed by atoms with E-state index in [0.29, 0.717) is 11.6 Å². The molecule has 2 atom stereocenters. The first-order chi connectivity index (χ1) is 16.5. The highest BCUT2D eigenvalue weighted by Gasteiger charge is 2.37. The third kappa shape index (κ3) is 5.10. The average Bonchev–Trinajstić information content (AvgIpc) is 2.85. The van der Waals surface area contributed by atoms with Crippen LogP contribution >= 0.6 is 11.6 Å². The number of amides is 1. The normalized spacial score (nSPS) is 18.8. The van der Waals surface area contributed by atoms with Gasteiger partial charge < -0.3 is 14.7 Å². The van der Waals surface area contributed by atoms with Crippen molar-refractivity contribution >= 4 is 29.2 Å². The predicted molar refractivity (Wildman–Crippen MR) is 135 cm³/mol. The molecule has 1 aliphatic heterocycles. The van der Waals surface area contributed by atoms with Gasteiger partial charge in [0, 0.05) is 22.8 Å². The van der Waals surface area contributed by atoms with Gasteiger partial charge in [-0.05, 0) is 54.2 Å². The topological polar surface area (TPSA) is 66.8 Å². The molecule has 0 saturated carbocycles. The number of anilines is 1. The summed E-state index contributed by atoms with van der Waals surface area (Å²) in [5.41, 5.74) is 3.56. The molecular formula is C28H28ClNO4. The first-order valence-corrected chi connectivity index (χ1v) is 11.9. The Balaban J connectivity index is 1.67. The fourth-order valence-electron chi connectivity index (χ4n) is 4.84. The van der Waals surface area contributed by atoms with Gasteiger partial charge in [-0.25, -0.2) is 0 Å². The van der Waals surface area contributed by atoms with Gasteiger partial charge in [-0.15, -0.1) is 0 Å². The van der Waals surface area contributed by atoms with Gasteiger partial charge in [0.15, 0.2) is 0 Å². The maximum absolute atomic E-state index is 13.8. The van der Waals surface area contributed by atoms with Crippen LogP contribution in [0.15, 0.2) is 72.8 Å². The minimum Gasteiger partial charge on any atom is -0.496 e. The van der Waals surface area contributed by atoms with Gasteiger partial charge in [-0.2, -0.15) is 0 Å². The summed E-state index contributed by atoms with van der Waals surface area (Å²) in [6.07, 6.45) is 2.22. The number of halogens is 1. The number of hydrogen-bond donors (Lipinski definition) is 1. The Morgan fingerprint density at radius 1 is 1.03 bits per heavy atom. The molecule has 34 heavy (non-hydrogen) atoms. The molecule has 0 bridgehead atoms. The highest BCUT2D eigenvalue weighted by atomic mass is 35.5. The summed E-state index contributed by atoms with van der Waals surface area (Å²) in [4.78, 5) is 27.3. The van der Waals surface area contributed by atoms with Crippen LogP contribution in [-0.4, -0.2) is 30.6 Å². The monoisotopic (exact) mass is 477 g/mol. The zero-order valence-electron chi connectivity index (χ0n) is 19.1. The number of carboxylic acids is 1. The van der Waals surface area contributed by atoms with E-state index in [1.54, 1.807) is 18.1 Å². The van der Waals surface area contributed by atoms with Crippen molar-refractivity contribution in [2.75, 3.05) is 18.6 Å². The van der Waals surface area contributed by atoms with Crippen molar-refractivity contribution < 1.29 is 19.4 Å². The number of nitrogens with zero attached hydrogens (tertiary/aromatic N) is 1. The summed E-state index contributed by atoms with van der Waals surface area (Å²) in [7, 11) is 1.64. The summed E-state index contributed by atoms with van der Waals surface area (Å²) in [5.74, 6) is -1.30. The summed E-state index contributed by atoms with van der Waals surface area (Å²) in [6, 6.07) is 23.0. The van der Waals surface area contributed by atoms with Crippen LogP contribution in [0.5, 0.6) is 5.75 Å². The number of hydrogen-bond acceptors (Lipinski definition) is 3. The molecular weight excluding hydrogens is 450 g/mol. The number of aliphatic carboxylic acids is 1. The molecule has 0 aliphatic carbocycles. The van der Waals surface area contributed by atoms with Gasteiger partial charge in [0.2, 0.25) is 5.91 Å². The van der Waals surface area contributed by atoms with Crippen LogP contribution in [0.1, 0.15) is 37.2 Å². The number of carboxylic acid groups (broad SMARTS) is 1. The van der Waals surface area contributed by atoms with E-state index in [0.717, 1.165) is 47.4 Å². The molecule has 5 nitrogen and oxygen atoms in total. The first kappa shape index (κ1) is 23.8. The number of rotatable bonds is 6. The van der Waals surface area contributed by atoms with Crippen molar-refractivity contribution in [3.63, 3.8) is 0 Å². The van der Waals surface area contributed by atoms with Crippen LogP contribution in [-0.2, 0) is 9.59 Å². The minimum atomic E-state index is -0.984. The number of methoxy groups -OCH3 is 1. The minimum absolute atomic E-state index is 0.169. The van der Waals surface area contributed by atoms with Crippen molar-refractivity contribution in [3.8, 4) is 16.9 Å². The summed E-state index contributed by atoms with van der Waals surface area (Å²) >= 11 is 6.47. The maximum atomic E-state index is 13.8. The lowest BCUT2D eigenvalue weighted by atomic mass is 9.78. The van der Waals surface area contributed by atoms with Crippen LogP contribution in [0.25, 0.3) is 11.1 Å². The second kappa shape index (κ2) is 10.7. The molecule has 2 unspecified atom stereocenters. The Labute approximate surface area is 204 Å². The largest absolute Gasteiger partial charge is 0.496 e. The first-order valence-electron chi connectivity index (χ1n) is 11.5. The number of para-hydroxylation sites is 1. The van der Waals surface area contributed by atoms with E-state index in [1.807, 2.05) is 66.7 Å². The molecule has 6 heteroatoms. The highest BCUT2D eigenvalue weighted by molar-refractivity contribution is 6.31. The Morgan fingerprint density at radius 3 is 2.44 bits per heavy atom. The Hall–Kier alpha value is -3.31. The predicted octanol–water partition coefficient (Wildman–Crippen LogP) is 6.41. The Bertz CT molecular complexity index is 1160. The molecule has 1 saturated heterocycles. The van der Waals surface area contributed by atoms with Gasteiger partial charge in [0.1, 0.15) is 5.75 Å². The van der Waals surface area contributed by atoms with Crippen molar-refractivity contribution in [1.82, 2.24) is 0 Å². The van der Waals surface area contributed by atoms with Crippen LogP contribution < -0.4 is 9.64 Å². The van der Waals surface area contributed by atoms with Gasteiger partial charge in [0.25, 0.3) is 0 Å². The van der Waals surface area contributed by atoms with Crippen molar-refractivity contribution in [3.05, 3.63) is 83.4 Å². The number of carbonyl (C=O) groups excluding carboxylic acids is 1. The van der Waals surface area contributed by atoms with E-state index in [4.69, 9.17) is 16.3 Å². The third-order valence-corrected chi connectivity index (χ3v) is 6.86. The molecule has 1 heterocycles. The maximum Gasteiger partial charge on any atom is 0.304 e. The van der Waals surface area contributed by atoms with Gasteiger partial charge in [-0.1, -0.05) is 66.6 Å². The number of benzene rings is 3. The van der Waals surface area contributed by atoms with Crippen molar-refractivity contribution in [1.29, 1.82) is 0 Å². The smallest absolute Gasteiger partial charge is 0.304 e. The van der Waals surface area contributed by atoms with E-state index in [2.05, 4.69) is 0 Å². The van der Waals surface area contributed by atoms with E-state index in [9.17, 15) is 14.7 Å². The Morgan fingerprint density at radius 2 is 1.74 bits per heavy atom. The number of ether oxygens (including phenoxy) is 1. The van der Waals surface area contributed by atoms with Crippen LogP contribution in [0, 0.1) is 5.92 Å². The standard InChI is InChI=1S/C28H28ClNO4/c1-34-26-12-5-3-8-21(26)19-13-15-20(16-14-19)30-17-7-6-9-22(23-10-2-4-11-25(23)29)24(28(30)33)18-27(31)32/h2-5,8,10-16,22,24H,6-7,9,17-18H2,1H3,(H,31,32). The summed E-state index contributed by atoms with van der Waals surface area (Å²) in [5, 5.41) is 10.2. The van der Waals surface area contributed by atoms with Gasteiger partial charge >= 0.3 is 5.97 Å². The third-order valence-electron chi connectivity index (χ3n) is 6.51. The molecule has 1 fully saturated rings. The molecule has 1 N–H and O–H groups in total. The van der Waals surface area contributed by atoms with Crippen LogP contribution in [0.4, 0.5) is 5.69 Å². The van der Waals surface area contributed by atoms with E-state index >= 15 is 0 Å². The fourth-order valence-corrected chi connectivity index (χ4v) is 5.12. The van der Waals surface area contributed by atoms with Crippen LogP contribution in [0.2, 0.25) is 5.02 Å². The molecule has 0 aromatic heterocycles.